The SMILES string of the molecule is O=C(NCCN1CCN(c2nc3ccc(F)cc3s2)CC1)c1ccc2c(c1)OCCO2. The van der Waals surface area contributed by atoms with Crippen LogP contribution in [0.15, 0.2) is 36.4 Å². The molecule has 1 saturated heterocycles. The van der Waals surface area contributed by atoms with Gasteiger partial charge in [-0.05, 0) is 36.4 Å². The first-order valence-corrected chi connectivity index (χ1v) is 11.2. The Bertz CT molecular complexity index is 1100. The average molecular weight is 443 g/mol. The summed E-state index contributed by atoms with van der Waals surface area (Å²) in [7, 11) is 0. The van der Waals surface area contributed by atoms with E-state index in [2.05, 4.69) is 20.1 Å². The van der Waals surface area contributed by atoms with E-state index in [0.29, 0.717) is 36.8 Å². The van der Waals surface area contributed by atoms with Crippen molar-refractivity contribution in [2.45, 2.75) is 0 Å². The molecule has 2 aliphatic heterocycles. The lowest BCUT2D eigenvalue weighted by molar-refractivity contribution is 0.0946. The van der Waals surface area contributed by atoms with Gasteiger partial charge < -0.3 is 19.7 Å². The van der Waals surface area contributed by atoms with Gasteiger partial charge in [-0.2, -0.15) is 0 Å². The van der Waals surface area contributed by atoms with Crippen LogP contribution in [0.1, 0.15) is 10.4 Å². The number of nitrogens with one attached hydrogen (secondary N) is 1. The highest BCUT2D eigenvalue weighted by Gasteiger charge is 2.20. The van der Waals surface area contributed by atoms with Crippen LogP contribution < -0.4 is 19.7 Å². The number of halogens is 1. The Kier molecular flexibility index (Phi) is 5.61. The van der Waals surface area contributed by atoms with Crippen molar-refractivity contribution in [2.75, 3.05) is 57.4 Å². The summed E-state index contributed by atoms with van der Waals surface area (Å²) in [5, 5.41) is 3.92. The predicted molar refractivity (Wildman–Crippen MR) is 118 cm³/mol. The zero-order chi connectivity index (χ0) is 21.2. The van der Waals surface area contributed by atoms with E-state index >= 15 is 0 Å². The zero-order valence-electron chi connectivity index (χ0n) is 17.0. The number of anilines is 1. The van der Waals surface area contributed by atoms with E-state index in [9.17, 15) is 9.18 Å². The highest BCUT2D eigenvalue weighted by atomic mass is 32.1. The highest BCUT2D eigenvalue weighted by Crippen LogP contribution is 2.31. The number of benzene rings is 2. The second-order valence-corrected chi connectivity index (χ2v) is 8.56. The number of nitrogens with zero attached hydrogens (tertiary/aromatic N) is 3. The maximum Gasteiger partial charge on any atom is 0.251 e. The zero-order valence-corrected chi connectivity index (χ0v) is 17.8. The normalized spacial score (nSPS) is 16.5. The van der Waals surface area contributed by atoms with E-state index < -0.39 is 0 Å². The first kappa shape index (κ1) is 20.0. The molecule has 0 radical (unpaired) electrons. The molecular formula is C22H23FN4O3S. The molecule has 1 amide bonds. The van der Waals surface area contributed by atoms with Gasteiger partial charge in [0.1, 0.15) is 19.0 Å². The first-order chi connectivity index (χ1) is 15.2. The third-order valence-corrected chi connectivity index (χ3v) is 6.58. The van der Waals surface area contributed by atoms with Crippen molar-refractivity contribution in [2.24, 2.45) is 0 Å². The van der Waals surface area contributed by atoms with Gasteiger partial charge in [0.15, 0.2) is 16.6 Å². The van der Waals surface area contributed by atoms with E-state index in [-0.39, 0.29) is 11.7 Å². The van der Waals surface area contributed by atoms with Crippen molar-refractivity contribution >= 4 is 32.6 Å². The molecule has 1 aromatic heterocycles. The van der Waals surface area contributed by atoms with Crippen LogP contribution in [0.3, 0.4) is 0 Å². The number of thiazole rings is 1. The Morgan fingerprint density at radius 3 is 2.71 bits per heavy atom. The molecule has 1 N–H and O–H groups in total. The van der Waals surface area contributed by atoms with E-state index in [1.165, 1.54) is 23.5 Å². The molecule has 0 atom stereocenters. The van der Waals surface area contributed by atoms with Crippen LogP contribution in [0.4, 0.5) is 9.52 Å². The van der Waals surface area contributed by atoms with E-state index in [0.717, 1.165) is 48.1 Å². The van der Waals surface area contributed by atoms with Crippen molar-refractivity contribution in [3.63, 3.8) is 0 Å². The molecule has 0 aliphatic carbocycles. The molecule has 0 unspecified atom stereocenters. The molecule has 0 saturated carbocycles. The number of hydrogen-bond donors (Lipinski definition) is 1. The molecule has 0 spiro atoms. The van der Waals surface area contributed by atoms with Crippen molar-refractivity contribution in [3.05, 3.63) is 47.8 Å². The summed E-state index contributed by atoms with van der Waals surface area (Å²) in [4.78, 5) is 21.7. The van der Waals surface area contributed by atoms with Gasteiger partial charge in [0.05, 0.1) is 10.2 Å². The van der Waals surface area contributed by atoms with Crippen LogP contribution >= 0.6 is 11.3 Å². The molecule has 2 aromatic carbocycles. The van der Waals surface area contributed by atoms with Gasteiger partial charge in [0.25, 0.3) is 5.91 Å². The van der Waals surface area contributed by atoms with Crippen LogP contribution in [0.25, 0.3) is 10.2 Å². The molecule has 2 aliphatic rings. The predicted octanol–water partition coefficient (Wildman–Crippen LogP) is 2.76. The maximum absolute atomic E-state index is 13.4. The van der Waals surface area contributed by atoms with Crippen LogP contribution in [-0.2, 0) is 0 Å². The topological polar surface area (TPSA) is 66.9 Å². The summed E-state index contributed by atoms with van der Waals surface area (Å²) >= 11 is 1.53. The lowest BCUT2D eigenvalue weighted by atomic mass is 10.2. The van der Waals surface area contributed by atoms with Gasteiger partial charge in [0, 0.05) is 44.8 Å². The van der Waals surface area contributed by atoms with Crippen molar-refractivity contribution in [1.82, 2.24) is 15.2 Å². The first-order valence-electron chi connectivity index (χ1n) is 10.4. The van der Waals surface area contributed by atoms with Crippen LogP contribution in [0.5, 0.6) is 11.5 Å². The molecule has 3 heterocycles. The quantitative estimate of drug-likeness (QED) is 0.656. The van der Waals surface area contributed by atoms with E-state index in [1.807, 2.05) is 0 Å². The van der Waals surface area contributed by atoms with Crippen molar-refractivity contribution < 1.29 is 18.7 Å². The molecule has 3 aromatic rings. The van der Waals surface area contributed by atoms with Gasteiger partial charge in [-0.25, -0.2) is 9.37 Å². The minimum absolute atomic E-state index is 0.114. The number of carbonyl (C=O) groups excluding carboxylic acids is 1. The number of fused-ring (bicyclic) bond motifs is 2. The Balaban J connectivity index is 1.10. The van der Waals surface area contributed by atoms with Gasteiger partial charge in [0.2, 0.25) is 0 Å². The number of ether oxygens (including phenoxy) is 2. The Labute approximate surface area is 183 Å². The number of hydrogen-bond acceptors (Lipinski definition) is 7. The van der Waals surface area contributed by atoms with Gasteiger partial charge in [-0.15, -0.1) is 0 Å². The van der Waals surface area contributed by atoms with Crippen LogP contribution in [-0.4, -0.2) is 68.3 Å². The fraction of sp³-hybridized carbons (Fsp3) is 0.364. The largest absolute Gasteiger partial charge is 0.486 e. The van der Waals surface area contributed by atoms with Crippen LogP contribution in [0, 0.1) is 5.82 Å². The van der Waals surface area contributed by atoms with Crippen LogP contribution in [0.2, 0.25) is 0 Å². The maximum atomic E-state index is 13.4. The minimum atomic E-state index is -0.231. The third-order valence-electron chi connectivity index (χ3n) is 5.50. The van der Waals surface area contributed by atoms with Crippen molar-refractivity contribution in [1.29, 1.82) is 0 Å². The molecular weight excluding hydrogens is 419 g/mol. The number of piperazine rings is 1. The summed E-state index contributed by atoms with van der Waals surface area (Å²) < 4.78 is 25.3. The average Bonchev–Trinajstić information content (AvgIpc) is 3.22. The Morgan fingerprint density at radius 2 is 1.87 bits per heavy atom. The van der Waals surface area contributed by atoms with Crippen molar-refractivity contribution in [3.8, 4) is 11.5 Å². The fourth-order valence-corrected chi connectivity index (χ4v) is 4.84. The Morgan fingerprint density at radius 1 is 1.06 bits per heavy atom. The van der Waals surface area contributed by atoms with Gasteiger partial charge in [-0.3, -0.25) is 9.69 Å². The third kappa shape index (κ3) is 4.42. The monoisotopic (exact) mass is 442 g/mol. The molecule has 7 nitrogen and oxygen atoms in total. The number of carbonyl (C=O) groups is 1. The molecule has 5 rings (SSSR count). The van der Waals surface area contributed by atoms with E-state index in [4.69, 9.17) is 9.47 Å². The minimum Gasteiger partial charge on any atom is -0.486 e. The van der Waals surface area contributed by atoms with Gasteiger partial charge >= 0.3 is 0 Å². The lowest BCUT2D eigenvalue weighted by Gasteiger charge is -2.34. The molecule has 9 heteroatoms. The number of rotatable bonds is 5. The summed E-state index contributed by atoms with van der Waals surface area (Å²) in [6, 6.07) is 9.97. The smallest absolute Gasteiger partial charge is 0.251 e. The van der Waals surface area contributed by atoms with Gasteiger partial charge in [-0.1, -0.05) is 11.3 Å². The molecule has 1 fully saturated rings. The fourth-order valence-electron chi connectivity index (χ4n) is 3.80. The number of aromatic nitrogens is 1. The Hall–Kier alpha value is -2.91. The summed E-state index contributed by atoms with van der Waals surface area (Å²) in [5.41, 5.74) is 1.41. The highest BCUT2D eigenvalue weighted by molar-refractivity contribution is 7.22. The standard InChI is InChI=1S/C22H23FN4O3S/c23-16-2-3-17-20(14-16)31-22(25-17)27-9-7-26(8-10-27)6-5-24-21(28)15-1-4-18-19(13-15)30-12-11-29-18/h1-4,13-14H,5-12H2,(H,24,28). The van der Waals surface area contributed by atoms with E-state index in [1.54, 1.807) is 24.3 Å². The molecule has 31 heavy (non-hydrogen) atoms. The summed E-state index contributed by atoms with van der Waals surface area (Å²) in [6.07, 6.45) is 0. The lowest BCUT2D eigenvalue weighted by Crippen LogP contribution is -2.48. The number of amides is 1. The second kappa shape index (κ2) is 8.68. The second-order valence-electron chi connectivity index (χ2n) is 7.55. The summed E-state index contributed by atoms with van der Waals surface area (Å²) in [5.74, 6) is 0.953. The molecule has 0 bridgehead atoms. The summed E-state index contributed by atoms with van der Waals surface area (Å²) in [6.45, 7) is 5.90. The molecule has 162 valence electrons.